The molecule has 11 heteroatoms. The van der Waals surface area contributed by atoms with Crippen LogP contribution >= 0.6 is 23.2 Å². The molecule has 0 unspecified atom stereocenters. The van der Waals surface area contributed by atoms with Crippen molar-refractivity contribution in [2.24, 2.45) is 0 Å². The fraction of sp³-hybridized carbons (Fsp3) is 0.300. The van der Waals surface area contributed by atoms with Gasteiger partial charge in [-0.25, -0.2) is 4.98 Å². The third kappa shape index (κ3) is 5.70. The van der Waals surface area contributed by atoms with Crippen LogP contribution in [0.25, 0.3) is 5.70 Å². The first-order valence-corrected chi connectivity index (χ1v) is 14.6. The number of benzene rings is 2. The van der Waals surface area contributed by atoms with Crippen LogP contribution in [0.4, 0.5) is 22.9 Å². The number of carbonyl (C=O) groups is 2. The van der Waals surface area contributed by atoms with Gasteiger partial charge in [-0.3, -0.25) is 14.5 Å². The Bertz CT molecular complexity index is 1460. The van der Waals surface area contributed by atoms with Gasteiger partial charge in [-0.1, -0.05) is 35.3 Å². The van der Waals surface area contributed by atoms with Gasteiger partial charge in [0, 0.05) is 74.7 Å². The van der Waals surface area contributed by atoms with Gasteiger partial charge in [-0.05, 0) is 48.4 Å². The van der Waals surface area contributed by atoms with Crippen molar-refractivity contribution < 1.29 is 9.59 Å². The van der Waals surface area contributed by atoms with Gasteiger partial charge in [0.25, 0.3) is 5.91 Å². The zero-order chi connectivity index (χ0) is 28.3. The molecule has 0 aliphatic carbocycles. The van der Waals surface area contributed by atoms with Gasteiger partial charge in [0.05, 0.1) is 27.8 Å². The molecule has 9 nitrogen and oxygen atoms in total. The van der Waals surface area contributed by atoms with E-state index in [1.807, 2.05) is 30.3 Å². The first kappa shape index (κ1) is 27.4. The summed E-state index contributed by atoms with van der Waals surface area (Å²) in [6.07, 6.45) is 4.36. The van der Waals surface area contributed by atoms with Crippen molar-refractivity contribution in [1.29, 1.82) is 0 Å². The quantitative estimate of drug-likeness (QED) is 0.327. The molecule has 1 aromatic heterocycles. The van der Waals surface area contributed by atoms with E-state index in [2.05, 4.69) is 30.7 Å². The summed E-state index contributed by atoms with van der Waals surface area (Å²) >= 11 is 12.6. The average Bonchev–Trinajstić information content (AvgIpc) is 2.94. The highest BCUT2D eigenvalue weighted by molar-refractivity contribution is 6.32. The number of carbonyl (C=O) groups excluding carboxylic acids is 2. The van der Waals surface area contributed by atoms with Gasteiger partial charge in [-0.15, -0.1) is 0 Å². The summed E-state index contributed by atoms with van der Waals surface area (Å²) in [7, 11) is 0. The summed E-state index contributed by atoms with van der Waals surface area (Å²) in [6.45, 7) is 6.11. The number of hydrogen-bond donors (Lipinski definition) is 3. The third-order valence-corrected chi connectivity index (χ3v) is 8.12. The standard InChI is InChI=1S/C30H31Cl2N7O2/c31-22-6-7-27(35-18-22)39(19-40)26-17-23(32)16-25(37-14-10-33-11-15-37)28(26)36-30(41)21-4-2-20(3-5-21)29(24-8-9-34-24)38-12-1-13-38/h2-7,16-19,33-34H,1,8-15H2,(H,36,41). The normalized spacial score (nSPS) is 17.6. The van der Waals surface area contributed by atoms with Crippen molar-refractivity contribution in [2.75, 3.05) is 60.9 Å². The Labute approximate surface area is 249 Å². The Morgan fingerprint density at radius 1 is 0.951 bits per heavy atom. The Kier molecular flexibility index (Phi) is 8.00. The molecule has 3 N–H and O–H groups in total. The minimum Gasteiger partial charge on any atom is -0.386 e. The van der Waals surface area contributed by atoms with Crippen molar-refractivity contribution in [3.8, 4) is 0 Å². The topological polar surface area (TPSA) is 92.8 Å². The lowest BCUT2D eigenvalue weighted by atomic mass is 9.99. The molecular formula is C30H31Cl2N7O2. The molecule has 2 aromatic carbocycles. The van der Waals surface area contributed by atoms with E-state index in [-0.39, 0.29) is 5.91 Å². The number of aromatic nitrogens is 1. The molecule has 0 bridgehead atoms. The van der Waals surface area contributed by atoms with Gasteiger partial charge in [0.1, 0.15) is 5.82 Å². The summed E-state index contributed by atoms with van der Waals surface area (Å²) in [4.78, 5) is 36.4. The van der Waals surface area contributed by atoms with Gasteiger partial charge in [0.15, 0.2) is 0 Å². The minimum absolute atomic E-state index is 0.286. The molecule has 3 aliphatic heterocycles. The predicted octanol–water partition coefficient (Wildman–Crippen LogP) is 4.71. The Morgan fingerprint density at radius 3 is 2.27 bits per heavy atom. The molecule has 3 fully saturated rings. The fourth-order valence-corrected chi connectivity index (χ4v) is 5.62. The fourth-order valence-electron chi connectivity index (χ4n) is 5.30. The molecule has 2 amide bonds. The second-order valence-corrected chi connectivity index (χ2v) is 11.1. The number of amides is 2. The van der Waals surface area contributed by atoms with Crippen LogP contribution in [0.2, 0.25) is 10.0 Å². The summed E-state index contributed by atoms with van der Waals surface area (Å²) in [5, 5.41) is 10.8. The minimum atomic E-state index is -0.286. The molecule has 0 spiro atoms. The van der Waals surface area contributed by atoms with Crippen LogP contribution in [0.3, 0.4) is 0 Å². The van der Waals surface area contributed by atoms with Crippen LogP contribution in [-0.4, -0.2) is 68.0 Å². The second kappa shape index (κ2) is 12.0. The number of anilines is 4. The molecular weight excluding hydrogens is 561 g/mol. The van der Waals surface area contributed by atoms with Crippen LogP contribution in [0.15, 0.2) is 60.4 Å². The van der Waals surface area contributed by atoms with Crippen LogP contribution in [0, 0.1) is 0 Å². The number of halogens is 2. The van der Waals surface area contributed by atoms with Gasteiger partial charge < -0.3 is 25.8 Å². The van der Waals surface area contributed by atoms with Gasteiger partial charge in [0.2, 0.25) is 6.41 Å². The smallest absolute Gasteiger partial charge is 0.255 e. The number of rotatable bonds is 8. The molecule has 3 aliphatic rings. The maximum Gasteiger partial charge on any atom is 0.255 e. The molecule has 6 rings (SSSR count). The SMILES string of the molecule is O=CN(c1ccc(Cl)cn1)c1cc(Cl)cc(N2CCNCC2)c1NC(=O)c1ccc(C(=C2CCN2)N2CCC2)cc1. The number of nitrogens with one attached hydrogen (secondary N) is 3. The van der Waals surface area contributed by atoms with Crippen LogP contribution in [-0.2, 0) is 4.79 Å². The van der Waals surface area contributed by atoms with Crippen molar-refractivity contribution in [3.05, 3.63) is 81.6 Å². The highest BCUT2D eigenvalue weighted by Gasteiger charge is 2.26. The Hall–Kier alpha value is -3.79. The lowest BCUT2D eigenvalue weighted by Gasteiger charge is -2.39. The van der Waals surface area contributed by atoms with Gasteiger partial charge in [-0.2, -0.15) is 0 Å². The molecule has 4 heterocycles. The molecule has 212 valence electrons. The number of pyridine rings is 1. The highest BCUT2D eigenvalue weighted by atomic mass is 35.5. The van der Waals surface area contributed by atoms with Crippen LogP contribution in [0.1, 0.15) is 28.8 Å². The van der Waals surface area contributed by atoms with E-state index >= 15 is 0 Å². The van der Waals surface area contributed by atoms with Crippen molar-refractivity contribution in [3.63, 3.8) is 0 Å². The zero-order valence-electron chi connectivity index (χ0n) is 22.5. The molecule has 3 aromatic rings. The van der Waals surface area contributed by atoms with Crippen molar-refractivity contribution >= 4 is 64.1 Å². The van der Waals surface area contributed by atoms with E-state index in [9.17, 15) is 9.59 Å². The lowest BCUT2D eigenvalue weighted by Crippen LogP contribution is -2.44. The highest BCUT2D eigenvalue weighted by Crippen LogP contribution is 2.41. The van der Waals surface area contributed by atoms with Gasteiger partial charge >= 0.3 is 0 Å². The van der Waals surface area contributed by atoms with E-state index in [0.717, 1.165) is 63.5 Å². The van der Waals surface area contributed by atoms with Crippen LogP contribution < -0.4 is 25.8 Å². The van der Waals surface area contributed by atoms with E-state index in [0.29, 0.717) is 39.2 Å². The molecule has 0 atom stereocenters. The summed E-state index contributed by atoms with van der Waals surface area (Å²) in [6, 6.07) is 14.5. The van der Waals surface area contributed by atoms with E-state index < -0.39 is 0 Å². The largest absolute Gasteiger partial charge is 0.386 e. The summed E-state index contributed by atoms with van der Waals surface area (Å²) in [5.74, 6) is 0.0697. The molecule has 41 heavy (non-hydrogen) atoms. The van der Waals surface area contributed by atoms with E-state index in [4.69, 9.17) is 23.2 Å². The molecule has 0 saturated carbocycles. The Morgan fingerprint density at radius 2 is 1.68 bits per heavy atom. The first-order valence-electron chi connectivity index (χ1n) is 13.8. The monoisotopic (exact) mass is 591 g/mol. The maximum atomic E-state index is 13.7. The van der Waals surface area contributed by atoms with Crippen molar-refractivity contribution in [2.45, 2.75) is 12.8 Å². The number of hydrogen-bond acceptors (Lipinski definition) is 7. The predicted molar refractivity (Wildman–Crippen MR) is 164 cm³/mol. The summed E-state index contributed by atoms with van der Waals surface area (Å²) < 4.78 is 0. The van der Waals surface area contributed by atoms with Crippen LogP contribution in [0.5, 0.6) is 0 Å². The number of nitrogens with zero attached hydrogens (tertiary/aromatic N) is 4. The molecule has 3 saturated heterocycles. The second-order valence-electron chi connectivity index (χ2n) is 10.2. The number of piperazine rings is 1. The Balaban J connectivity index is 1.35. The maximum absolute atomic E-state index is 13.7. The molecule has 0 radical (unpaired) electrons. The zero-order valence-corrected chi connectivity index (χ0v) is 24.0. The first-order chi connectivity index (χ1) is 20.0. The average molecular weight is 593 g/mol. The summed E-state index contributed by atoms with van der Waals surface area (Å²) in [5.41, 5.74) is 5.74. The van der Waals surface area contributed by atoms with Crippen molar-refractivity contribution in [1.82, 2.24) is 20.5 Å². The lowest BCUT2D eigenvalue weighted by molar-refractivity contribution is -0.106. The number of likely N-dealkylation sites (tertiary alicyclic amines) is 1. The third-order valence-electron chi connectivity index (χ3n) is 7.67. The van der Waals surface area contributed by atoms with E-state index in [1.54, 1.807) is 18.2 Å². The van der Waals surface area contributed by atoms with E-state index in [1.165, 1.54) is 28.9 Å².